The molecule has 2 rings (SSSR count). The van der Waals surface area contributed by atoms with Crippen molar-refractivity contribution in [3.63, 3.8) is 0 Å². The van der Waals surface area contributed by atoms with Gasteiger partial charge in [0.25, 0.3) is 0 Å². The molecule has 2 aliphatic rings. The monoisotopic (exact) mass is 210 g/mol. The maximum absolute atomic E-state index is 12.0. The van der Waals surface area contributed by atoms with Gasteiger partial charge in [-0.15, -0.1) is 0 Å². The van der Waals surface area contributed by atoms with Crippen LogP contribution in [0.4, 0.5) is 0 Å². The van der Waals surface area contributed by atoms with Crippen LogP contribution < -0.4 is 0 Å². The van der Waals surface area contributed by atoms with Crippen molar-refractivity contribution in [3.8, 4) is 0 Å². The van der Waals surface area contributed by atoms with Crippen molar-refractivity contribution in [1.29, 1.82) is 0 Å². The van der Waals surface area contributed by atoms with Crippen LogP contribution >= 0.6 is 0 Å². The van der Waals surface area contributed by atoms with Gasteiger partial charge in [0.05, 0.1) is 5.60 Å². The lowest BCUT2D eigenvalue weighted by Crippen LogP contribution is -2.40. The highest BCUT2D eigenvalue weighted by Crippen LogP contribution is 2.65. The first kappa shape index (κ1) is 11.1. The molecule has 0 amide bonds. The van der Waals surface area contributed by atoms with Gasteiger partial charge in [-0.25, -0.2) is 0 Å². The molecular weight excluding hydrogens is 188 g/mol. The average Bonchev–Trinajstić information content (AvgIpc) is 2.73. The maximum Gasteiger partial charge on any atom is 0.138 e. The van der Waals surface area contributed by atoms with E-state index in [0.29, 0.717) is 12.2 Å². The van der Waals surface area contributed by atoms with Gasteiger partial charge in [-0.1, -0.05) is 6.92 Å². The van der Waals surface area contributed by atoms with Crippen molar-refractivity contribution in [2.24, 2.45) is 10.8 Å². The smallest absolute Gasteiger partial charge is 0.138 e. The summed E-state index contributed by atoms with van der Waals surface area (Å²) in [5, 5.41) is 10.3. The van der Waals surface area contributed by atoms with Crippen molar-refractivity contribution < 1.29 is 9.90 Å². The summed E-state index contributed by atoms with van der Waals surface area (Å²) in [4.78, 5) is 12.0. The van der Waals surface area contributed by atoms with Gasteiger partial charge in [0.15, 0.2) is 0 Å². The van der Waals surface area contributed by atoms with Crippen LogP contribution in [-0.4, -0.2) is 16.5 Å². The Balaban J connectivity index is 2.25. The highest BCUT2D eigenvalue weighted by atomic mass is 16.3. The van der Waals surface area contributed by atoms with Crippen molar-refractivity contribution in [1.82, 2.24) is 0 Å². The van der Waals surface area contributed by atoms with Crippen LogP contribution in [-0.2, 0) is 4.79 Å². The molecule has 0 radical (unpaired) electrons. The molecule has 2 nitrogen and oxygen atoms in total. The van der Waals surface area contributed by atoms with E-state index in [1.807, 2.05) is 20.8 Å². The number of fused-ring (bicyclic) bond motifs is 2. The predicted molar refractivity (Wildman–Crippen MR) is 59.5 cm³/mol. The molecule has 0 aromatic heterocycles. The molecular formula is C13H22O2. The van der Waals surface area contributed by atoms with Crippen LogP contribution in [0.1, 0.15) is 59.3 Å². The third kappa shape index (κ3) is 1.37. The van der Waals surface area contributed by atoms with Crippen LogP contribution in [0.3, 0.4) is 0 Å². The Hall–Kier alpha value is -0.370. The van der Waals surface area contributed by atoms with E-state index in [1.165, 1.54) is 0 Å². The Bertz CT molecular complexity index is 277. The van der Waals surface area contributed by atoms with E-state index in [1.54, 1.807) is 0 Å². The van der Waals surface area contributed by atoms with E-state index in [9.17, 15) is 9.90 Å². The molecule has 0 saturated heterocycles. The summed E-state index contributed by atoms with van der Waals surface area (Å²) < 4.78 is 0. The number of Topliss-reactive ketones (excluding diaryl/α,β-unsaturated/α-hetero) is 1. The quantitative estimate of drug-likeness (QED) is 0.777. The van der Waals surface area contributed by atoms with Gasteiger partial charge in [-0.2, -0.15) is 0 Å². The second kappa shape index (κ2) is 3.07. The zero-order chi connectivity index (χ0) is 11.3. The minimum atomic E-state index is -0.626. The summed E-state index contributed by atoms with van der Waals surface area (Å²) in [7, 11) is 0. The lowest BCUT2D eigenvalue weighted by atomic mass is 9.71. The largest absolute Gasteiger partial charge is 0.390 e. The Labute approximate surface area is 92.1 Å². The Morgan fingerprint density at radius 2 is 1.80 bits per heavy atom. The lowest BCUT2D eigenvalue weighted by molar-refractivity contribution is -0.128. The minimum absolute atomic E-state index is 0.0256. The highest BCUT2D eigenvalue weighted by molar-refractivity contribution is 5.85. The molecule has 2 bridgehead atoms. The Kier molecular flexibility index (Phi) is 2.27. The van der Waals surface area contributed by atoms with Crippen molar-refractivity contribution in [2.45, 2.75) is 64.9 Å². The second-order valence-corrected chi connectivity index (χ2v) is 6.07. The van der Waals surface area contributed by atoms with Crippen LogP contribution in [0.2, 0.25) is 0 Å². The van der Waals surface area contributed by atoms with E-state index in [4.69, 9.17) is 0 Å². The van der Waals surface area contributed by atoms with Gasteiger partial charge in [-0.3, -0.25) is 4.79 Å². The molecule has 0 atom stereocenters. The molecule has 1 N–H and O–H groups in total. The van der Waals surface area contributed by atoms with E-state index in [-0.39, 0.29) is 10.8 Å². The lowest BCUT2D eigenvalue weighted by Gasteiger charge is -2.38. The Morgan fingerprint density at radius 3 is 2.13 bits per heavy atom. The average molecular weight is 210 g/mol. The fourth-order valence-corrected chi connectivity index (χ4v) is 3.79. The molecule has 2 saturated carbocycles. The maximum atomic E-state index is 12.0. The van der Waals surface area contributed by atoms with E-state index in [2.05, 4.69) is 0 Å². The first-order valence-corrected chi connectivity index (χ1v) is 6.11. The van der Waals surface area contributed by atoms with Gasteiger partial charge >= 0.3 is 0 Å². The number of ketones is 1. The van der Waals surface area contributed by atoms with Crippen LogP contribution in [0.25, 0.3) is 0 Å². The number of carbonyl (C=O) groups excluding carboxylic acids is 1. The predicted octanol–water partition coefficient (Wildman–Crippen LogP) is 2.69. The summed E-state index contributed by atoms with van der Waals surface area (Å²) in [6.45, 7) is 5.77. The zero-order valence-corrected chi connectivity index (χ0v) is 10.1. The molecule has 2 aliphatic carbocycles. The van der Waals surface area contributed by atoms with Gasteiger partial charge in [-0.05, 0) is 51.4 Å². The van der Waals surface area contributed by atoms with E-state index < -0.39 is 5.60 Å². The third-order valence-corrected chi connectivity index (χ3v) is 5.05. The SMILES string of the molecule is CCC(=O)C12CCC(C(C)(C)O)(CC1)C2. The van der Waals surface area contributed by atoms with Crippen molar-refractivity contribution in [3.05, 3.63) is 0 Å². The summed E-state index contributed by atoms with van der Waals surface area (Å²) in [5.41, 5.74) is -0.661. The number of carbonyl (C=O) groups is 1. The molecule has 2 fully saturated rings. The number of hydrogen-bond acceptors (Lipinski definition) is 2. The third-order valence-electron chi connectivity index (χ3n) is 5.05. The summed E-state index contributed by atoms with van der Waals surface area (Å²) >= 11 is 0. The van der Waals surface area contributed by atoms with Gasteiger partial charge < -0.3 is 5.11 Å². The molecule has 0 unspecified atom stereocenters. The number of aliphatic hydroxyl groups is 1. The topological polar surface area (TPSA) is 37.3 Å². The van der Waals surface area contributed by atoms with Crippen LogP contribution in [0.15, 0.2) is 0 Å². The molecule has 15 heavy (non-hydrogen) atoms. The molecule has 86 valence electrons. The summed E-state index contributed by atoms with van der Waals surface area (Å²) in [5.74, 6) is 0.422. The molecule has 0 aliphatic heterocycles. The van der Waals surface area contributed by atoms with Crippen LogP contribution in [0, 0.1) is 10.8 Å². The fraction of sp³-hybridized carbons (Fsp3) is 0.923. The first-order chi connectivity index (χ1) is 6.85. The van der Waals surface area contributed by atoms with Crippen LogP contribution in [0.5, 0.6) is 0 Å². The highest BCUT2D eigenvalue weighted by Gasteiger charge is 2.61. The molecule has 0 aromatic rings. The zero-order valence-electron chi connectivity index (χ0n) is 10.1. The summed E-state index contributed by atoms with van der Waals surface area (Å²) in [6, 6.07) is 0. The summed E-state index contributed by atoms with van der Waals surface area (Å²) in [6.07, 6.45) is 5.65. The first-order valence-electron chi connectivity index (χ1n) is 6.11. The minimum Gasteiger partial charge on any atom is -0.390 e. The van der Waals surface area contributed by atoms with Gasteiger partial charge in [0.2, 0.25) is 0 Å². The molecule has 0 heterocycles. The fourth-order valence-electron chi connectivity index (χ4n) is 3.79. The van der Waals surface area contributed by atoms with Crippen molar-refractivity contribution >= 4 is 5.78 Å². The molecule has 2 heteroatoms. The normalized spacial score (nSPS) is 39.7. The standard InChI is InChI=1S/C13H22O2/c1-4-10(14)12-5-7-13(9-12,8-6-12)11(2,3)15/h15H,4-9H2,1-3H3. The van der Waals surface area contributed by atoms with Gasteiger partial charge in [0.1, 0.15) is 5.78 Å². The Morgan fingerprint density at radius 1 is 1.27 bits per heavy atom. The van der Waals surface area contributed by atoms with Crippen molar-refractivity contribution in [2.75, 3.05) is 0 Å². The second-order valence-electron chi connectivity index (χ2n) is 6.07. The van der Waals surface area contributed by atoms with Gasteiger partial charge in [0, 0.05) is 11.8 Å². The molecule has 0 aromatic carbocycles. The van der Waals surface area contributed by atoms with E-state index in [0.717, 1.165) is 32.1 Å². The number of rotatable bonds is 3. The van der Waals surface area contributed by atoms with E-state index >= 15 is 0 Å². The number of hydrogen-bond donors (Lipinski definition) is 1. The molecule has 0 spiro atoms.